The zero-order chi connectivity index (χ0) is 10.1. The molecule has 2 nitrogen and oxygen atoms in total. The fraction of sp³-hybridized carbons (Fsp3) is 0.917. The first kappa shape index (κ1) is 10.2. The van der Waals surface area contributed by atoms with E-state index in [-0.39, 0.29) is 0 Å². The summed E-state index contributed by atoms with van der Waals surface area (Å²) in [4.78, 5) is 13.9. The van der Waals surface area contributed by atoms with Crippen molar-refractivity contribution in [3.8, 4) is 0 Å². The van der Waals surface area contributed by atoms with Crippen molar-refractivity contribution in [3.05, 3.63) is 0 Å². The van der Waals surface area contributed by atoms with Crippen molar-refractivity contribution in [2.45, 2.75) is 70.5 Å². The summed E-state index contributed by atoms with van der Waals surface area (Å²) in [5.41, 5.74) is 0. The van der Waals surface area contributed by atoms with Crippen molar-refractivity contribution in [1.29, 1.82) is 0 Å². The van der Waals surface area contributed by atoms with Crippen molar-refractivity contribution in [1.82, 2.24) is 4.90 Å². The van der Waals surface area contributed by atoms with E-state index >= 15 is 0 Å². The van der Waals surface area contributed by atoms with Crippen LogP contribution in [0.1, 0.15) is 52.4 Å². The fourth-order valence-electron chi connectivity index (χ4n) is 3.21. The van der Waals surface area contributed by atoms with Gasteiger partial charge in [-0.2, -0.15) is 0 Å². The van der Waals surface area contributed by atoms with Gasteiger partial charge in [0.15, 0.2) is 0 Å². The van der Waals surface area contributed by atoms with Crippen molar-refractivity contribution in [2.75, 3.05) is 0 Å². The Balaban J connectivity index is 2.03. The van der Waals surface area contributed by atoms with Gasteiger partial charge in [-0.25, -0.2) is 0 Å². The molecule has 1 aliphatic carbocycles. The first-order valence-corrected chi connectivity index (χ1v) is 6.01. The summed E-state index contributed by atoms with van der Waals surface area (Å²) in [6.07, 6.45) is 6.66. The Hall–Kier alpha value is -0.370. The molecule has 2 heteroatoms. The van der Waals surface area contributed by atoms with E-state index < -0.39 is 0 Å². The van der Waals surface area contributed by atoms with Gasteiger partial charge in [0, 0.05) is 31.0 Å². The maximum atomic E-state index is 11.3. The third kappa shape index (κ3) is 1.72. The molecule has 80 valence electrons. The second kappa shape index (κ2) is 4.01. The minimum absolute atomic E-state index is 0.476. The maximum absolute atomic E-state index is 11.3. The van der Waals surface area contributed by atoms with Crippen LogP contribution in [0.2, 0.25) is 0 Å². The molecule has 0 aromatic rings. The quantitative estimate of drug-likeness (QED) is 0.674. The van der Waals surface area contributed by atoms with Crippen molar-refractivity contribution in [3.63, 3.8) is 0 Å². The number of hydrogen-bond donors (Lipinski definition) is 0. The molecule has 1 aliphatic heterocycles. The molecule has 2 fully saturated rings. The summed E-state index contributed by atoms with van der Waals surface area (Å²) in [6, 6.07) is 2.03. The number of Topliss-reactive ketones (excluding diaryl/α,β-unsaturated/α-hetero) is 1. The highest BCUT2D eigenvalue weighted by Gasteiger charge is 2.37. The molecule has 1 saturated heterocycles. The van der Waals surface area contributed by atoms with E-state index in [0.29, 0.717) is 17.9 Å². The standard InChI is InChI=1S/C12H21NO/c1-3-10-5-4-9(2)13(10)11-6-7-12(14)8-11/h9-11H,3-8H2,1-2H3. The average molecular weight is 195 g/mol. The van der Waals surface area contributed by atoms with Crippen LogP contribution in [0.25, 0.3) is 0 Å². The van der Waals surface area contributed by atoms with Crippen LogP contribution in [0, 0.1) is 0 Å². The van der Waals surface area contributed by atoms with E-state index in [2.05, 4.69) is 18.7 Å². The average Bonchev–Trinajstić information content (AvgIpc) is 2.71. The van der Waals surface area contributed by atoms with Crippen LogP contribution in [0.5, 0.6) is 0 Å². The van der Waals surface area contributed by atoms with E-state index in [1.165, 1.54) is 19.3 Å². The van der Waals surface area contributed by atoms with Gasteiger partial charge in [-0.3, -0.25) is 9.69 Å². The van der Waals surface area contributed by atoms with Crippen molar-refractivity contribution >= 4 is 5.78 Å². The molecule has 3 atom stereocenters. The highest BCUT2D eigenvalue weighted by molar-refractivity contribution is 5.81. The van der Waals surface area contributed by atoms with E-state index in [9.17, 15) is 4.79 Å². The number of rotatable bonds is 2. The van der Waals surface area contributed by atoms with Crippen LogP contribution in [0.3, 0.4) is 0 Å². The molecule has 0 amide bonds. The molecule has 0 radical (unpaired) electrons. The van der Waals surface area contributed by atoms with Crippen LogP contribution in [0.15, 0.2) is 0 Å². The number of nitrogens with zero attached hydrogens (tertiary/aromatic N) is 1. The van der Waals surface area contributed by atoms with E-state index in [1.54, 1.807) is 0 Å². The lowest BCUT2D eigenvalue weighted by Crippen LogP contribution is -2.41. The molecule has 0 aromatic heterocycles. The third-order valence-electron chi connectivity index (χ3n) is 3.96. The lowest BCUT2D eigenvalue weighted by molar-refractivity contribution is -0.117. The van der Waals surface area contributed by atoms with Gasteiger partial charge in [0.1, 0.15) is 5.78 Å². The molecule has 0 bridgehead atoms. The second-order valence-corrected chi connectivity index (χ2v) is 4.87. The monoisotopic (exact) mass is 195 g/mol. The minimum atomic E-state index is 0.476. The Labute approximate surface area is 86.7 Å². The van der Waals surface area contributed by atoms with Gasteiger partial charge in [-0.15, -0.1) is 0 Å². The number of carbonyl (C=O) groups excluding carboxylic acids is 1. The summed E-state index contributed by atoms with van der Waals surface area (Å²) in [6.45, 7) is 4.59. The van der Waals surface area contributed by atoms with Gasteiger partial charge >= 0.3 is 0 Å². The predicted molar refractivity (Wildman–Crippen MR) is 57.3 cm³/mol. The van der Waals surface area contributed by atoms with Gasteiger partial charge in [-0.1, -0.05) is 6.92 Å². The summed E-state index contributed by atoms with van der Waals surface area (Å²) in [5.74, 6) is 0.476. The highest BCUT2D eigenvalue weighted by atomic mass is 16.1. The SMILES string of the molecule is CCC1CCC(C)N1C1CCC(=O)C1. The van der Waals surface area contributed by atoms with Crippen LogP contribution in [-0.4, -0.2) is 28.8 Å². The Morgan fingerprint density at radius 2 is 2.14 bits per heavy atom. The first-order chi connectivity index (χ1) is 6.72. The third-order valence-corrected chi connectivity index (χ3v) is 3.96. The zero-order valence-corrected chi connectivity index (χ0v) is 9.33. The normalized spacial score (nSPS) is 39.6. The van der Waals surface area contributed by atoms with Gasteiger partial charge in [0.25, 0.3) is 0 Å². The Kier molecular flexibility index (Phi) is 2.91. The Morgan fingerprint density at radius 3 is 2.71 bits per heavy atom. The number of carbonyl (C=O) groups is 1. The summed E-state index contributed by atoms with van der Waals surface area (Å²) in [7, 11) is 0. The molecule has 1 saturated carbocycles. The first-order valence-electron chi connectivity index (χ1n) is 6.01. The molecule has 14 heavy (non-hydrogen) atoms. The van der Waals surface area contributed by atoms with Gasteiger partial charge in [0.05, 0.1) is 0 Å². The minimum Gasteiger partial charge on any atom is -0.300 e. The van der Waals surface area contributed by atoms with Crippen molar-refractivity contribution < 1.29 is 4.79 Å². The predicted octanol–water partition coefficient (Wildman–Crippen LogP) is 2.37. The Morgan fingerprint density at radius 1 is 1.36 bits per heavy atom. The van der Waals surface area contributed by atoms with Crippen molar-refractivity contribution in [2.24, 2.45) is 0 Å². The summed E-state index contributed by atoms with van der Waals surface area (Å²) >= 11 is 0. The van der Waals surface area contributed by atoms with Gasteiger partial charge in [-0.05, 0) is 32.6 Å². The molecule has 0 spiro atoms. The lowest BCUT2D eigenvalue weighted by atomic mass is 10.1. The highest BCUT2D eigenvalue weighted by Crippen LogP contribution is 2.33. The molecule has 3 unspecified atom stereocenters. The van der Waals surface area contributed by atoms with E-state index in [0.717, 1.165) is 25.3 Å². The summed E-state index contributed by atoms with van der Waals surface area (Å²) < 4.78 is 0. The smallest absolute Gasteiger partial charge is 0.134 e. The lowest BCUT2D eigenvalue weighted by Gasteiger charge is -2.33. The Bertz CT molecular complexity index is 226. The fourth-order valence-corrected chi connectivity index (χ4v) is 3.21. The molecule has 0 aromatic carbocycles. The zero-order valence-electron chi connectivity index (χ0n) is 9.33. The van der Waals surface area contributed by atoms with Crippen LogP contribution in [-0.2, 0) is 4.79 Å². The molecule has 1 heterocycles. The van der Waals surface area contributed by atoms with Crippen LogP contribution >= 0.6 is 0 Å². The number of likely N-dealkylation sites (tertiary alicyclic amines) is 1. The van der Waals surface area contributed by atoms with Gasteiger partial charge < -0.3 is 0 Å². The molecular weight excluding hydrogens is 174 g/mol. The topological polar surface area (TPSA) is 20.3 Å². The largest absolute Gasteiger partial charge is 0.300 e. The van der Waals surface area contributed by atoms with E-state index in [4.69, 9.17) is 0 Å². The summed E-state index contributed by atoms with van der Waals surface area (Å²) in [5, 5.41) is 0. The van der Waals surface area contributed by atoms with E-state index in [1.807, 2.05) is 0 Å². The van der Waals surface area contributed by atoms with Crippen LogP contribution < -0.4 is 0 Å². The maximum Gasteiger partial charge on any atom is 0.134 e. The second-order valence-electron chi connectivity index (χ2n) is 4.87. The number of hydrogen-bond acceptors (Lipinski definition) is 2. The molecule has 2 rings (SSSR count). The molecule has 2 aliphatic rings. The molecule has 0 N–H and O–H groups in total. The van der Waals surface area contributed by atoms with Gasteiger partial charge in [0.2, 0.25) is 0 Å². The number of ketones is 1. The van der Waals surface area contributed by atoms with Crippen LogP contribution in [0.4, 0.5) is 0 Å². The molecular formula is C12H21NO.